The third-order valence-corrected chi connectivity index (χ3v) is 8.02. The first-order valence-electron chi connectivity index (χ1n) is 16.6. The van der Waals surface area contributed by atoms with Gasteiger partial charge in [0.1, 0.15) is 34.6 Å². The van der Waals surface area contributed by atoms with Gasteiger partial charge in [-0.05, 0) is 68.0 Å². The molecule has 8 nitrogen and oxygen atoms in total. The van der Waals surface area contributed by atoms with Crippen LogP contribution in [0.3, 0.4) is 0 Å². The van der Waals surface area contributed by atoms with E-state index in [9.17, 15) is 10.2 Å². The summed E-state index contributed by atoms with van der Waals surface area (Å²) in [4.78, 5) is 4.12. The summed E-state index contributed by atoms with van der Waals surface area (Å²) in [5.74, 6) is 2.57. The molecule has 0 fully saturated rings. The maximum absolute atomic E-state index is 10.5. The first kappa shape index (κ1) is 38.0. The zero-order valence-electron chi connectivity index (χ0n) is 28.6. The molecule has 3 aromatic carbocycles. The molecular weight excluding hydrogens is 578 g/mol. The molecule has 0 bridgehead atoms. The van der Waals surface area contributed by atoms with E-state index in [1.807, 2.05) is 24.3 Å². The molecule has 0 heterocycles. The molecule has 2 unspecified atom stereocenters. The SMILES string of the molecule is CCCCC(CC)COc1ccc(C(=N)N=C(N)c2ccc(OCC(CC)CCCC)cc2O)c(O)c1.COc1ccc(C)cc1. The van der Waals surface area contributed by atoms with Crippen molar-refractivity contribution in [2.24, 2.45) is 22.6 Å². The topological polar surface area (TPSA) is 130 Å². The number of aryl methyl sites for hydroxylation is 1. The highest BCUT2D eigenvalue weighted by molar-refractivity contribution is 6.11. The number of unbranched alkanes of at least 4 members (excludes halogenated alkanes) is 2. The Kier molecular flexibility index (Phi) is 17.1. The minimum Gasteiger partial charge on any atom is -0.507 e. The van der Waals surface area contributed by atoms with E-state index in [1.165, 1.54) is 30.5 Å². The lowest BCUT2D eigenvalue weighted by Gasteiger charge is -2.16. The van der Waals surface area contributed by atoms with Crippen molar-refractivity contribution in [1.82, 2.24) is 0 Å². The van der Waals surface area contributed by atoms with Crippen molar-refractivity contribution in [3.05, 3.63) is 77.4 Å². The molecule has 0 aliphatic rings. The van der Waals surface area contributed by atoms with Gasteiger partial charge in [-0.25, -0.2) is 4.99 Å². The van der Waals surface area contributed by atoms with Crippen molar-refractivity contribution >= 4 is 11.7 Å². The summed E-state index contributed by atoms with van der Waals surface area (Å²) < 4.78 is 16.7. The van der Waals surface area contributed by atoms with Gasteiger partial charge in [0.05, 0.1) is 31.5 Å². The number of rotatable bonds is 17. The predicted octanol–water partition coefficient (Wildman–Crippen LogP) is 9.02. The van der Waals surface area contributed by atoms with Gasteiger partial charge in [-0.3, -0.25) is 5.41 Å². The number of aromatic hydroxyl groups is 2. The van der Waals surface area contributed by atoms with Gasteiger partial charge < -0.3 is 30.2 Å². The van der Waals surface area contributed by atoms with Crippen LogP contribution < -0.4 is 19.9 Å². The lowest BCUT2D eigenvalue weighted by atomic mass is 10.0. The third kappa shape index (κ3) is 13.0. The molecule has 0 aliphatic heterocycles. The second-order valence-corrected chi connectivity index (χ2v) is 11.7. The Morgan fingerprint density at radius 3 is 1.61 bits per heavy atom. The minimum atomic E-state index is -0.211. The molecule has 8 heteroatoms. The average Bonchev–Trinajstić information content (AvgIpc) is 3.05. The highest BCUT2D eigenvalue weighted by Crippen LogP contribution is 2.27. The normalized spacial score (nSPS) is 12.4. The molecule has 0 spiro atoms. The Hall–Kier alpha value is -4.20. The molecular formula is C38H55N3O5. The molecule has 0 saturated carbocycles. The first-order valence-corrected chi connectivity index (χ1v) is 16.6. The van der Waals surface area contributed by atoms with Crippen LogP contribution in [0.4, 0.5) is 0 Å². The predicted molar refractivity (Wildman–Crippen MR) is 189 cm³/mol. The van der Waals surface area contributed by atoms with E-state index in [0.29, 0.717) is 42.1 Å². The van der Waals surface area contributed by atoms with Gasteiger partial charge in [-0.1, -0.05) is 83.9 Å². The van der Waals surface area contributed by atoms with E-state index in [1.54, 1.807) is 31.4 Å². The number of benzene rings is 3. The number of phenolic OH excluding ortho intramolecular Hbond substituents is 2. The average molecular weight is 634 g/mol. The van der Waals surface area contributed by atoms with Crippen LogP contribution in [-0.4, -0.2) is 42.2 Å². The summed E-state index contributed by atoms with van der Waals surface area (Å²) in [5.41, 5.74) is 7.89. The van der Waals surface area contributed by atoms with Crippen molar-refractivity contribution < 1.29 is 24.4 Å². The van der Waals surface area contributed by atoms with Gasteiger partial charge in [0.2, 0.25) is 0 Å². The standard InChI is InChI=1S/C30H45N3O4.C8H10O/c1-5-9-11-21(7-3)19-36-23-13-15-25(27(34)17-23)29(31)33-30(32)26-16-14-24(18-28(26)35)37-20-22(8-4)12-10-6-2;1-7-3-5-8(9-2)6-4-7/h13-18,21-22,34-35H,5-12,19-20H2,1-4H3,(H3,31,32,33);3-6H,1-2H3. The van der Waals surface area contributed by atoms with Gasteiger partial charge >= 0.3 is 0 Å². The van der Waals surface area contributed by atoms with Gasteiger partial charge in [0.15, 0.2) is 5.84 Å². The Labute approximate surface area is 276 Å². The fraction of sp³-hybridized carbons (Fsp3) is 0.474. The van der Waals surface area contributed by atoms with Crippen molar-refractivity contribution in [2.75, 3.05) is 20.3 Å². The van der Waals surface area contributed by atoms with Crippen LogP contribution in [0.1, 0.15) is 95.8 Å². The summed E-state index contributed by atoms with van der Waals surface area (Å²) in [6.45, 7) is 11.9. The molecule has 0 amide bonds. The lowest BCUT2D eigenvalue weighted by Crippen LogP contribution is -2.16. The Morgan fingerprint density at radius 2 is 1.20 bits per heavy atom. The molecule has 0 aliphatic carbocycles. The van der Waals surface area contributed by atoms with Crippen LogP contribution in [0.25, 0.3) is 0 Å². The maximum Gasteiger partial charge on any atom is 0.157 e. The molecule has 0 saturated heterocycles. The number of amidine groups is 2. The van der Waals surface area contributed by atoms with Gasteiger partial charge in [-0.2, -0.15) is 0 Å². The molecule has 252 valence electrons. The quantitative estimate of drug-likeness (QED) is 0.0867. The maximum atomic E-state index is 10.5. The van der Waals surface area contributed by atoms with Crippen LogP contribution in [-0.2, 0) is 0 Å². The summed E-state index contributed by atoms with van der Waals surface area (Å²) >= 11 is 0. The summed E-state index contributed by atoms with van der Waals surface area (Å²) in [7, 11) is 1.67. The monoisotopic (exact) mass is 633 g/mol. The van der Waals surface area contributed by atoms with E-state index in [2.05, 4.69) is 39.6 Å². The number of hydrogen-bond donors (Lipinski definition) is 4. The Bertz CT molecular complexity index is 1360. The van der Waals surface area contributed by atoms with Gasteiger partial charge in [0.25, 0.3) is 0 Å². The fourth-order valence-electron chi connectivity index (χ4n) is 4.76. The number of nitrogens with two attached hydrogens (primary N) is 1. The van der Waals surface area contributed by atoms with Crippen LogP contribution >= 0.6 is 0 Å². The molecule has 2 atom stereocenters. The number of methoxy groups -OCH3 is 1. The van der Waals surface area contributed by atoms with E-state index in [4.69, 9.17) is 25.4 Å². The number of nitrogens with one attached hydrogen (secondary N) is 1. The van der Waals surface area contributed by atoms with E-state index >= 15 is 0 Å². The molecule has 0 radical (unpaired) electrons. The Balaban J connectivity index is 0.000000700. The summed E-state index contributed by atoms with van der Waals surface area (Å²) in [6.07, 6.45) is 9.00. The van der Waals surface area contributed by atoms with E-state index in [0.717, 1.165) is 44.3 Å². The molecule has 3 aromatic rings. The number of hydrogen-bond acceptors (Lipinski definition) is 6. The van der Waals surface area contributed by atoms with Crippen molar-refractivity contribution in [3.63, 3.8) is 0 Å². The Morgan fingerprint density at radius 1 is 0.739 bits per heavy atom. The highest BCUT2D eigenvalue weighted by atomic mass is 16.5. The van der Waals surface area contributed by atoms with Gasteiger partial charge in [-0.15, -0.1) is 0 Å². The number of nitrogens with zero attached hydrogens (tertiary/aromatic N) is 1. The second-order valence-electron chi connectivity index (χ2n) is 11.7. The highest BCUT2D eigenvalue weighted by Gasteiger charge is 2.14. The van der Waals surface area contributed by atoms with Crippen molar-refractivity contribution in [2.45, 2.75) is 86.0 Å². The number of ether oxygens (including phenoxy) is 3. The largest absolute Gasteiger partial charge is 0.507 e. The molecule has 3 rings (SSSR count). The lowest BCUT2D eigenvalue weighted by molar-refractivity contribution is 0.232. The first-order chi connectivity index (χ1) is 22.1. The zero-order chi connectivity index (χ0) is 33.9. The molecule has 0 aromatic heterocycles. The number of aliphatic imine (C=N–C) groups is 1. The third-order valence-electron chi connectivity index (χ3n) is 8.02. The number of phenols is 2. The van der Waals surface area contributed by atoms with E-state index in [-0.39, 0.29) is 28.7 Å². The molecule has 46 heavy (non-hydrogen) atoms. The zero-order valence-corrected chi connectivity index (χ0v) is 28.6. The van der Waals surface area contributed by atoms with Crippen LogP contribution in [0.2, 0.25) is 0 Å². The molecule has 5 N–H and O–H groups in total. The van der Waals surface area contributed by atoms with Crippen LogP contribution in [0.15, 0.2) is 65.7 Å². The summed E-state index contributed by atoms with van der Waals surface area (Å²) in [5, 5.41) is 29.3. The van der Waals surface area contributed by atoms with Crippen molar-refractivity contribution in [3.8, 4) is 28.7 Å². The van der Waals surface area contributed by atoms with Crippen molar-refractivity contribution in [1.29, 1.82) is 5.41 Å². The van der Waals surface area contributed by atoms with Crippen LogP contribution in [0.5, 0.6) is 28.7 Å². The van der Waals surface area contributed by atoms with E-state index < -0.39 is 0 Å². The summed E-state index contributed by atoms with van der Waals surface area (Å²) in [6, 6.07) is 17.6. The van der Waals surface area contributed by atoms with Gasteiger partial charge in [0, 0.05) is 12.1 Å². The van der Waals surface area contributed by atoms with Crippen LogP contribution in [0, 0.1) is 24.2 Å². The smallest absolute Gasteiger partial charge is 0.157 e. The fourth-order valence-corrected chi connectivity index (χ4v) is 4.76. The second kappa shape index (κ2) is 20.8. The minimum absolute atomic E-state index is 0.0233.